The van der Waals surface area contributed by atoms with Crippen molar-refractivity contribution in [3.05, 3.63) is 64.7 Å². The number of carbonyl (C=O) groups is 1. The van der Waals surface area contributed by atoms with Gasteiger partial charge in [0.1, 0.15) is 11.3 Å². The van der Waals surface area contributed by atoms with Crippen LogP contribution in [0.2, 0.25) is 0 Å². The van der Waals surface area contributed by atoms with Gasteiger partial charge in [-0.05, 0) is 36.0 Å². The molecule has 2 N–H and O–H groups in total. The number of aromatic hydroxyl groups is 1. The summed E-state index contributed by atoms with van der Waals surface area (Å²) in [5.41, 5.74) is 2.35. The van der Waals surface area contributed by atoms with Gasteiger partial charge in [0.15, 0.2) is 0 Å². The second-order valence-corrected chi connectivity index (χ2v) is 7.60. The van der Waals surface area contributed by atoms with Crippen LogP contribution in [0.5, 0.6) is 5.75 Å². The molecular weight excluding hydrogens is 312 g/mol. The Bertz CT molecular complexity index is 756. The number of carboxylic acid groups (broad SMARTS) is 1. The molecule has 0 heterocycles. The molecule has 0 aliphatic heterocycles. The minimum Gasteiger partial charge on any atom is -0.507 e. The van der Waals surface area contributed by atoms with Crippen LogP contribution in [0.25, 0.3) is 0 Å². The molecular formula is C22H26O3. The predicted octanol–water partition coefficient (Wildman–Crippen LogP) is 5.46. The van der Waals surface area contributed by atoms with Crippen LogP contribution in [-0.2, 0) is 5.41 Å². The third-order valence-corrected chi connectivity index (χ3v) is 5.61. The zero-order chi connectivity index (χ0) is 18.0. The third-order valence-electron chi connectivity index (χ3n) is 5.61. The van der Waals surface area contributed by atoms with Gasteiger partial charge in [0, 0.05) is 11.0 Å². The van der Waals surface area contributed by atoms with Gasteiger partial charge in [-0.1, -0.05) is 69.5 Å². The van der Waals surface area contributed by atoms with Crippen molar-refractivity contribution in [3.63, 3.8) is 0 Å². The van der Waals surface area contributed by atoms with Gasteiger partial charge in [-0.15, -0.1) is 0 Å². The Morgan fingerprint density at radius 2 is 1.68 bits per heavy atom. The molecule has 0 aromatic heterocycles. The van der Waals surface area contributed by atoms with Crippen LogP contribution < -0.4 is 0 Å². The Labute approximate surface area is 149 Å². The van der Waals surface area contributed by atoms with Crippen LogP contribution in [0.15, 0.2) is 42.5 Å². The molecule has 0 spiro atoms. The molecule has 3 heteroatoms. The molecule has 1 aliphatic carbocycles. The van der Waals surface area contributed by atoms with Crippen molar-refractivity contribution in [1.82, 2.24) is 0 Å². The lowest BCUT2D eigenvalue weighted by Crippen LogP contribution is -2.21. The first kappa shape index (κ1) is 17.5. The Hall–Kier alpha value is -2.29. The maximum atomic E-state index is 11.7. The Kier molecular flexibility index (Phi) is 4.85. The second kappa shape index (κ2) is 6.91. The van der Waals surface area contributed by atoms with E-state index in [9.17, 15) is 15.0 Å². The summed E-state index contributed by atoms with van der Waals surface area (Å²) in [5, 5.41) is 20.3. The Morgan fingerprint density at radius 1 is 1.04 bits per heavy atom. The summed E-state index contributed by atoms with van der Waals surface area (Å²) in [4.78, 5) is 11.7. The maximum absolute atomic E-state index is 11.7. The van der Waals surface area contributed by atoms with Crippen molar-refractivity contribution in [2.24, 2.45) is 0 Å². The average molecular weight is 338 g/mol. The molecule has 1 saturated carbocycles. The highest BCUT2D eigenvalue weighted by molar-refractivity contribution is 5.92. The summed E-state index contributed by atoms with van der Waals surface area (Å²) in [7, 11) is 0. The largest absolute Gasteiger partial charge is 0.507 e. The summed E-state index contributed by atoms with van der Waals surface area (Å²) in [6.07, 6.45) is 5.81. The molecule has 0 unspecified atom stereocenters. The van der Waals surface area contributed by atoms with Gasteiger partial charge >= 0.3 is 5.97 Å². The average Bonchev–Trinajstić information content (AvgIpc) is 2.63. The zero-order valence-electron chi connectivity index (χ0n) is 15.0. The van der Waals surface area contributed by atoms with Crippen LogP contribution in [-0.4, -0.2) is 16.2 Å². The molecule has 1 aliphatic rings. The van der Waals surface area contributed by atoms with Crippen LogP contribution in [0.4, 0.5) is 0 Å². The smallest absolute Gasteiger partial charge is 0.339 e. The number of aromatic carboxylic acids is 1. The topological polar surface area (TPSA) is 57.5 Å². The lowest BCUT2D eigenvalue weighted by molar-refractivity contribution is 0.0693. The quantitative estimate of drug-likeness (QED) is 0.778. The number of benzene rings is 2. The normalized spacial score (nSPS) is 15.9. The molecule has 132 valence electrons. The van der Waals surface area contributed by atoms with Gasteiger partial charge < -0.3 is 10.2 Å². The number of hydrogen-bond donors (Lipinski definition) is 2. The predicted molar refractivity (Wildman–Crippen MR) is 99.5 cm³/mol. The van der Waals surface area contributed by atoms with Crippen molar-refractivity contribution in [3.8, 4) is 5.75 Å². The van der Waals surface area contributed by atoms with Crippen LogP contribution in [0, 0.1) is 0 Å². The molecule has 0 amide bonds. The highest BCUT2D eigenvalue weighted by Crippen LogP contribution is 2.42. The minimum absolute atomic E-state index is 0.0158. The summed E-state index contributed by atoms with van der Waals surface area (Å²) >= 11 is 0. The van der Waals surface area contributed by atoms with Crippen molar-refractivity contribution >= 4 is 5.97 Å². The molecule has 0 saturated heterocycles. The highest BCUT2D eigenvalue weighted by Gasteiger charge is 2.30. The van der Waals surface area contributed by atoms with Crippen LogP contribution in [0.1, 0.15) is 78.9 Å². The van der Waals surface area contributed by atoms with Gasteiger partial charge in [0.05, 0.1) is 0 Å². The van der Waals surface area contributed by atoms with Crippen molar-refractivity contribution in [2.75, 3.05) is 0 Å². The maximum Gasteiger partial charge on any atom is 0.339 e. The first-order chi connectivity index (χ1) is 11.9. The lowest BCUT2D eigenvalue weighted by Gasteiger charge is -2.30. The summed E-state index contributed by atoms with van der Waals surface area (Å²) in [6.45, 7) is 4.07. The second-order valence-electron chi connectivity index (χ2n) is 7.60. The van der Waals surface area contributed by atoms with Crippen LogP contribution in [0.3, 0.4) is 0 Å². The number of rotatable bonds is 4. The molecule has 3 nitrogen and oxygen atoms in total. The van der Waals surface area contributed by atoms with E-state index in [4.69, 9.17) is 0 Å². The number of hydrogen-bond acceptors (Lipinski definition) is 2. The summed E-state index contributed by atoms with van der Waals surface area (Å²) < 4.78 is 0. The Morgan fingerprint density at radius 3 is 2.28 bits per heavy atom. The van der Waals surface area contributed by atoms with Gasteiger partial charge in [-0.25, -0.2) is 4.79 Å². The molecule has 3 rings (SSSR count). The fraction of sp³-hybridized carbons (Fsp3) is 0.409. The molecule has 0 atom stereocenters. The van der Waals surface area contributed by atoms with E-state index < -0.39 is 11.4 Å². The molecule has 0 radical (unpaired) electrons. The van der Waals surface area contributed by atoms with Gasteiger partial charge in [0.25, 0.3) is 0 Å². The lowest BCUT2D eigenvalue weighted by atomic mass is 9.74. The van der Waals surface area contributed by atoms with E-state index in [1.54, 1.807) is 6.07 Å². The van der Waals surface area contributed by atoms with Crippen LogP contribution >= 0.6 is 0 Å². The van der Waals surface area contributed by atoms with E-state index in [1.807, 2.05) is 50.2 Å². The zero-order valence-corrected chi connectivity index (χ0v) is 15.0. The van der Waals surface area contributed by atoms with E-state index >= 15 is 0 Å². The first-order valence-corrected chi connectivity index (χ1v) is 9.07. The van der Waals surface area contributed by atoms with E-state index in [2.05, 4.69) is 0 Å². The molecule has 2 aromatic rings. The summed E-state index contributed by atoms with van der Waals surface area (Å²) in [6, 6.07) is 13.7. The van der Waals surface area contributed by atoms with Crippen molar-refractivity contribution < 1.29 is 15.0 Å². The van der Waals surface area contributed by atoms with Crippen molar-refractivity contribution in [2.45, 2.75) is 57.3 Å². The molecule has 25 heavy (non-hydrogen) atoms. The number of phenols is 1. The first-order valence-electron chi connectivity index (χ1n) is 9.07. The SMILES string of the molecule is CC(C)(c1ccccc1)c1cc(C2CCCCC2)cc(C(=O)O)c1O. The fourth-order valence-electron chi connectivity index (χ4n) is 3.98. The van der Waals surface area contributed by atoms with Gasteiger partial charge in [-0.2, -0.15) is 0 Å². The van der Waals surface area contributed by atoms with E-state index in [0.717, 1.165) is 24.0 Å². The van der Waals surface area contributed by atoms with Crippen molar-refractivity contribution in [1.29, 1.82) is 0 Å². The monoisotopic (exact) mass is 338 g/mol. The Balaban J connectivity index is 2.14. The molecule has 0 bridgehead atoms. The summed E-state index contributed by atoms with van der Waals surface area (Å²) in [5.74, 6) is -0.793. The van der Waals surface area contributed by atoms with Gasteiger partial charge in [0.2, 0.25) is 0 Å². The standard InChI is InChI=1S/C22H26O3/c1-22(2,17-11-7-4-8-12-17)19-14-16(15-9-5-3-6-10-15)13-18(20(19)23)21(24)25/h4,7-8,11-15,23H,3,5-6,9-10H2,1-2H3,(H,24,25). The number of carboxylic acids is 1. The van der Waals surface area contributed by atoms with E-state index in [-0.39, 0.29) is 11.3 Å². The molecule has 1 fully saturated rings. The van der Waals surface area contributed by atoms with Gasteiger partial charge in [-0.3, -0.25) is 0 Å². The van der Waals surface area contributed by atoms with E-state index in [1.165, 1.54) is 19.3 Å². The minimum atomic E-state index is -1.07. The third kappa shape index (κ3) is 3.41. The molecule has 2 aromatic carbocycles. The fourth-order valence-corrected chi connectivity index (χ4v) is 3.98. The van der Waals surface area contributed by atoms with E-state index in [0.29, 0.717) is 11.5 Å². The highest BCUT2D eigenvalue weighted by atomic mass is 16.4.